The number of aliphatic hydroxyl groups excluding tert-OH is 4. The van der Waals surface area contributed by atoms with Crippen molar-refractivity contribution in [1.82, 2.24) is 0 Å². The van der Waals surface area contributed by atoms with Gasteiger partial charge in [-0.25, -0.2) is 9.59 Å². The van der Waals surface area contributed by atoms with Crippen LogP contribution in [0.25, 0.3) is 0 Å². The van der Waals surface area contributed by atoms with E-state index in [1.165, 1.54) is 13.8 Å². The van der Waals surface area contributed by atoms with Crippen LogP contribution in [0.4, 0.5) is 0 Å². The SMILES string of the molecule is CC(CO)(CO)COC(=O)C(=O)c1ccc(C(=O)C(=O)OCC(C)(CO)CO)cc1. The fraction of sp³-hybridized carbons (Fsp3) is 0.500. The van der Waals surface area contributed by atoms with Crippen LogP contribution < -0.4 is 0 Å². The molecule has 0 spiro atoms. The highest BCUT2D eigenvalue weighted by Gasteiger charge is 2.29. The molecule has 0 saturated heterocycles. The van der Waals surface area contributed by atoms with E-state index in [1.54, 1.807) is 0 Å². The second kappa shape index (κ2) is 10.9. The van der Waals surface area contributed by atoms with E-state index in [-0.39, 0.29) is 24.3 Å². The Morgan fingerprint density at radius 2 is 0.933 bits per heavy atom. The third-order valence-corrected chi connectivity index (χ3v) is 4.41. The summed E-state index contributed by atoms with van der Waals surface area (Å²) in [5, 5.41) is 36.6. The molecule has 1 rings (SSSR count). The van der Waals surface area contributed by atoms with Crippen LogP contribution in [0.3, 0.4) is 0 Å². The molecule has 10 nitrogen and oxygen atoms in total. The monoisotopic (exact) mass is 426 g/mol. The van der Waals surface area contributed by atoms with Crippen LogP contribution in [-0.2, 0) is 19.1 Å². The fourth-order valence-electron chi connectivity index (χ4n) is 1.90. The van der Waals surface area contributed by atoms with E-state index in [2.05, 4.69) is 0 Å². The Morgan fingerprint density at radius 3 is 1.17 bits per heavy atom. The number of Topliss-reactive ketones (excluding diaryl/α,β-unsaturated/α-hetero) is 2. The zero-order chi connectivity index (χ0) is 22.9. The molecule has 0 aliphatic carbocycles. The third kappa shape index (κ3) is 6.70. The Labute approximate surface area is 173 Å². The molecule has 0 atom stereocenters. The van der Waals surface area contributed by atoms with E-state index >= 15 is 0 Å². The number of hydrogen-bond donors (Lipinski definition) is 4. The normalized spacial score (nSPS) is 11.7. The molecule has 1 aromatic rings. The van der Waals surface area contributed by atoms with Gasteiger partial charge in [-0.3, -0.25) is 9.59 Å². The first-order chi connectivity index (χ1) is 14.0. The fourth-order valence-corrected chi connectivity index (χ4v) is 1.90. The Balaban J connectivity index is 2.73. The van der Waals surface area contributed by atoms with E-state index in [1.807, 2.05) is 0 Å². The highest BCUT2D eigenvalue weighted by Crippen LogP contribution is 2.16. The van der Waals surface area contributed by atoms with Crippen molar-refractivity contribution in [3.63, 3.8) is 0 Å². The molecule has 0 unspecified atom stereocenters. The molecule has 0 aromatic heterocycles. The molecule has 0 heterocycles. The number of ketones is 2. The van der Waals surface area contributed by atoms with Gasteiger partial charge in [0.1, 0.15) is 13.2 Å². The summed E-state index contributed by atoms with van der Waals surface area (Å²) in [7, 11) is 0. The van der Waals surface area contributed by atoms with Crippen molar-refractivity contribution in [2.45, 2.75) is 13.8 Å². The molecule has 10 heteroatoms. The van der Waals surface area contributed by atoms with E-state index < -0.39 is 60.8 Å². The van der Waals surface area contributed by atoms with Crippen LogP contribution in [0.5, 0.6) is 0 Å². The summed E-state index contributed by atoms with van der Waals surface area (Å²) in [6, 6.07) is 4.64. The molecule has 166 valence electrons. The average molecular weight is 426 g/mol. The maximum atomic E-state index is 12.1. The van der Waals surface area contributed by atoms with Gasteiger partial charge in [0.25, 0.3) is 11.6 Å². The van der Waals surface area contributed by atoms with Gasteiger partial charge in [0.05, 0.1) is 26.4 Å². The number of esters is 2. The first-order valence-corrected chi connectivity index (χ1v) is 9.01. The summed E-state index contributed by atoms with van der Waals surface area (Å²) >= 11 is 0. The zero-order valence-corrected chi connectivity index (χ0v) is 16.8. The van der Waals surface area contributed by atoms with Crippen molar-refractivity contribution in [3.05, 3.63) is 35.4 Å². The van der Waals surface area contributed by atoms with E-state index in [9.17, 15) is 19.2 Å². The predicted molar refractivity (Wildman–Crippen MR) is 102 cm³/mol. The van der Waals surface area contributed by atoms with Crippen LogP contribution in [0.15, 0.2) is 24.3 Å². The van der Waals surface area contributed by atoms with Crippen molar-refractivity contribution in [3.8, 4) is 0 Å². The minimum Gasteiger partial charge on any atom is -0.459 e. The van der Waals surface area contributed by atoms with Crippen molar-refractivity contribution < 1.29 is 49.1 Å². The molecule has 0 aliphatic rings. The van der Waals surface area contributed by atoms with E-state index in [0.717, 1.165) is 24.3 Å². The quantitative estimate of drug-likeness (QED) is 0.187. The van der Waals surface area contributed by atoms with Gasteiger partial charge in [-0.2, -0.15) is 0 Å². The van der Waals surface area contributed by atoms with Crippen molar-refractivity contribution in [2.75, 3.05) is 39.6 Å². The summed E-state index contributed by atoms with van der Waals surface area (Å²) in [6.07, 6.45) is 0. The second-order valence-electron chi connectivity index (χ2n) is 7.64. The second-order valence-corrected chi connectivity index (χ2v) is 7.64. The van der Waals surface area contributed by atoms with Gasteiger partial charge in [0, 0.05) is 22.0 Å². The van der Waals surface area contributed by atoms with E-state index in [4.69, 9.17) is 29.9 Å². The number of benzene rings is 1. The summed E-state index contributed by atoms with van der Waals surface area (Å²) < 4.78 is 9.63. The lowest BCUT2D eigenvalue weighted by atomic mass is 9.94. The van der Waals surface area contributed by atoms with Crippen LogP contribution in [0.1, 0.15) is 34.6 Å². The van der Waals surface area contributed by atoms with Gasteiger partial charge < -0.3 is 29.9 Å². The van der Waals surface area contributed by atoms with Crippen molar-refractivity contribution >= 4 is 23.5 Å². The number of carbonyl (C=O) groups is 4. The van der Waals surface area contributed by atoms with Gasteiger partial charge in [-0.05, 0) is 0 Å². The maximum Gasteiger partial charge on any atom is 0.379 e. The van der Waals surface area contributed by atoms with E-state index in [0.29, 0.717) is 0 Å². The lowest BCUT2D eigenvalue weighted by Gasteiger charge is -2.23. The number of rotatable bonds is 12. The van der Waals surface area contributed by atoms with Crippen LogP contribution in [0.2, 0.25) is 0 Å². The lowest BCUT2D eigenvalue weighted by molar-refractivity contribution is -0.144. The van der Waals surface area contributed by atoms with Crippen LogP contribution in [0, 0.1) is 10.8 Å². The van der Waals surface area contributed by atoms with Gasteiger partial charge in [-0.1, -0.05) is 38.1 Å². The highest BCUT2D eigenvalue weighted by atomic mass is 16.5. The molecule has 0 amide bonds. The summed E-state index contributed by atoms with van der Waals surface area (Å²) in [4.78, 5) is 48.0. The topological polar surface area (TPSA) is 168 Å². The summed E-state index contributed by atoms with van der Waals surface area (Å²) in [6.45, 7) is 0.394. The van der Waals surface area contributed by atoms with Gasteiger partial charge in [-0.15, -0.1) is 0 Å². The first kappa shape index (κ1) is 25.4. The number of hydrogen-bond acceptors (Lipinski definition) is 10. The van der Waals surface area contributed by atoms with Gasteiger partial charge >= 0.3 is 11.9 Å². The third-order valence-electron chi connectivity index (χ3n) is 4.41. The van der Waals surface area contributed by atoms with Crippen molar-refractivity contribution in [1.29, 1.82) is 0 Å². The Bertz CT molecular complexity index is 695. The smallest absolute Gasteiger partial charge is 0.379 e. The highest BCUT2D eigenvalue weighted by molar-refractivity contribution is 6.42. The standard InChI is InChI=1S/C20H26O10/c1-19(7-21,8-22)11-29-17(27)15(25)13-3-5-14(6-4-13)16(26)18(28)30-12-20(2,9-23)10-24/h3-6,21-24H,7-12H2,1-2H3. The molecule has 1 aromatic carbocycles. The number of carbonyl (C=O) groups excluding carboxylic acids is 4. The maximum absolute atomic E-state index is 12.1. The molecular weight excluding hydrogens is 400 g/mol. The van der Waals surface area contributed by atoms with Gasteiger partial charge in [0.15, 0.2) is 0 Å². The first-order valence-electron chi connectivity index (χ1n) is 9.01. The minimum atomic E-state index is -1.20. The Morgan fingerprint density at radius 1 is 0.667 bits per heavy atom. The largest absolute Gasteiger partial charge is 0.459 e. The Kier molecular flexibility index (Phi) is 9.24. The summed E-state index contributed by atoms with van der Waals surface area (Å²) in [5.41, 5.74) is -2.36. The predicted octanol–water partition coefficient (Wildman–Crippen LogP) is -0.880. The zero-order valence-electron chi connectivity index (χ0n) is 16.8. The average Bonchev–Trinajstić information content (AvgIpc) is 2.79. The molecule has 4 N–H and O–H groups in total. The van der Waals surface area contributed by atoms with Crippen molar-refractivity contribution in [2.24, 2.45) is 10.8 Å². The molecule has 0 fully saturated rings. The Hall–Kier alpha value is -2.66. The molecule has 0 saturated carbocycles. The molecule has 0 bridgehead atoms. The number of aliphatic hydroxyl groups is 4. The van der Waals surface area contributed by atoms with Crippen LogP contribution >= 0.6 is 0 Å². The summed E-state index contributed by atoms with van der Waals surface area (Å²) in [5.74, 6) is -4.41. The number of ether oxygens (including phenoxy) is 2. The molecular formula is C20H26O10. The van der Waals surface area contributed by atoms with Crippen LogP contribution in [-0.4, -0.2) is 83.6 Å². The minimum absolute atomic E-state index is 0.0900. The lowest BCUT2D eigenvalue weighted by Crippen LogP contribution is -2.34. The molecule has 0 radical (unpaired) electrons. The molecule has 30 heavy (non-hydrogen) atoms. The molecule has 0 aliphatic heterocycles. The van der Waals surface area contributed by atoms with Gasteiger partial charge in [0.2, 0.25) is 0 Å².